The molecule has 18 heavy (non-hydrogen) atoms. The van der Waals surface area contributed by atoms with Crippen LogP contribution < -0.4 is 0 Å². The van der Waals surface area contributed by atoms with Gasteiger partial charge in [-0.15, -0.1) is 0 Å². The minimum Gasteiger partial charge on any atom is -0.346 e. The molecule has 1 aromatic carbocycles. The fourth-order valence-corrected chi connectivity index (χ4v) is 2.53. The van der Waals surface area contributed by atoms with Crippen LogP contribution in [0.1, 0.15) is 28.2 Å². The smallest absolute Gasteiger partial charge is 0.144 e. The molecule has 0 bridgehead atoms. The summed E-state index contributed by atoms with van der Waals surface area (Å²) >= 11 is 8.64. The number of H-pyrrole nitrogens is 1. The van der Waals surface area contributed by atoms with Gasteiger partial charge < -0.3 is 4.98 Å². The Kier molecular flexibility index (Phi) is 3.97. The number of nitrogens with one attached hydrogen (secondary N) is 1. The average Bonchev–Trinajstić information content (AvgIpc) is 2.24. The van der Waals surface area contributed by atoms with Gasteiger partial charge in [-0.25, -0.2) is 4.98 Å². The number of hydrogen-bond acceptors (Lipinski definition) is 2. The molecular formula is C14H15BrN2S. The maximum absolute atomic E-state index is 5.22. The van der Waals surface area contributed by atoms with Crippen molar-refractivity contribution in [2.45, 2.75) is 27.2 Å². The second kappa shape index (κ2) is 5.33. The van der Waals surface area contributed by atoms with Crippen molar-refractivity contribution in [2.75, 3.05) is 0 Å². The van der Waals surface area contributed by atoms with Crippen molar-refractivity contribution in [1.29, 1.82) is 0 Å². The molecule has 0 aliphatic heterocycles. The van der Waals surface area contributed by atoms with E-state index < -0.39 is 0 Å². The van der Waals surface area contributed by atoms with Gasteiger partial charge in [-0.05, 0) is 42.3 Å². The van der Waals surface area contributed by atoms with E-state index in [-0.39, 0.29) is 0 Å². The number of benzene rings is 1. The lowest BCUT2D eigenvalue weighted by Gasteiger charge is -2.07. The maximum atomic E-state index is 5.22. The molecule has 0 aliphatic rings. The highest BCUT2D eigenvalue weighted by Crippen LogP contribution is 2.17. The summed E-state index contributed by atoms with van der Waals surface area (Å²) in [4.78, 5) is 7.68. The van der Waals surface area contributed by atoms with Crippen molar-refractivity contribution < 1.29 is 0 Å². The van der Waals surface area contributed by atoms with Crippen LogP contribution in [0.5, 0.6) is 0 Å². The van der Waals surface area contributed by atoms with E-state index in [0.29, 0.717) is 4.64 Å². The largest absolute Gasteiger partial charge is 0.346 e. The van der Waals surface area contributed by atoms with E-state index in [1.165, 1.54) is 16.7 Å². The van der Waals surface area contributed by atoms with Crippen LogP contribution in [-0.4, -0.2) is 9.97 Å². The molecular weight excluding hydrogens is 308 g/mol. The first kappa shape index (κ1) is 13.4. The second-order valence-electron chi connectivity index (χ2n) is 4.60. The van der Waals surface area contributed by atoms with Gasteiger partial charge in [-0.3, -0.25) is 0 Å². The molecule has 0 atom stereocenters. The van der Waals surface area contributed by atoms with Gasteiger partial charge in [0.2, 0.25) is 0 Å². The minimum absolute atomic E-state index is 0.616. The van der Waals surface area contributed by atoms with Gasteiger partial charge in [0.05, 0.1) is 4.47 Å². The summed E-state index contributed by atoms with van der Waals surface area (Å²) in [6, 6.07) is 6.54. The normalized spacial score (nSPS) is 10.7. The lowest BCUT2D eigenvalue weighted by Crippen LogP contribution is -2.00. The second-order valence-corrected chi connectivity index (χ2v) is 5.78. The van der Waals surface area contributed by atoms with Crippen LogP contribution in [-0.2, 0) is 6.42 Å². The molecule has 2 nitrogen and oxygen atoms in total. The van der Waals surface area contributed by atoms with Crippen molar-refractivity contribution in [1.82, 2.24) is 9.97 Å². The van der Waals surface area contributed by atoms with E-state index in [1.807, 2.05) is 6.92 Å². The Balaban J connectivity index is 2.37. The summed E-state index contributed by atoms with van der Waals surface area (Å²) in [6.45, 7) is 6.21. The van der Waals surface area contributed by atoms with Gasteiger partial charge in [-0.1, -0.05) is 41.5 Å². The molecule has 94 valence electrons. The number of halogens is 1. The van der Waals surface area contributed by atoms with Gasteiger partial charge in [0.1, 0.15) is 10.5 Å². The molecule has 2 aromatic rings. The van der Waals surface area contributed by atoms with Crippen molar-refractivity contribution in [3.8, 4) is 0 Å². The molecule has 4 heteroatoms. The van der Waals surface area contributed by atoms with Crippen LogP contribution in [0.2, 0.25) is 0 Å². The lowest BCUT2D eigenvalue weighted by molar-refractivity contribution is 0.924. The van der Waals surface area contributed by atoms with Crippen molar-refractivity contribution >= 4 is 28.1 Å². The summed E-state index contributed by atoms with van der Waals surface area (Å²) < 4.78 is 1.49. The monoisotopic (exact) mass is 322 g/mol. The van der Waals surface area contributed by atoms with Crippen LogP contribution in [0.3, 0.4) is 0 Å². The molecule has 0 unspecified atom stereocenters. The van der Waals surface area contributed by atoms with E-state index in [9.17, 15) is 0 Å². The molecule has 2 rings (SSSR count). The molecule has 1 heterocycles. The SMILES string of the molecule is Cc1cc(C)cc(Cc2nc(=S)c(Br)c(C)[nH]2)c1. The number of aryl methyl sites for hydroxylation is 3. The van der Waals surface area contributed by atoms with Gasteiger partial charge in [0.15, 0.2) is 0 Å². The highest BCUT2D eigenvalue weighted by atomic mass is 79.9. The topological polar surface area (TPSA) is 28.7 Å². The first-order chi connectivity index (χ1) is 8.45. The number of rotatable bonds is 2. The Morgan fingerprint density at radius 1 is 1.17 bits per heavy atom. The third-order valence-electron chi connectivity index (χ3n) is 2.74. The maximum Gasteiger partial charge on any atom is 0.144 e. The molecule has 0 radical (unpaired) electrons. The van der Waals surface area contributed by atoms with Crippen molar-refractivity contribution in [3.05, 3.63) is 55.5 Å². The molecule has 0 saturated carbocycles. The van der Waals surface area contributed by atoms with Crippen LogP contribution in [0.4, 0.5) is 0 Å². The number of aromatic nitrogens is 2. The highest BCUT2D eigenvalue weighted by molar-refractivity contribution is 9.10. The molecule has 0 amide bonds. The first-order valence-electron chi connectivity index (χ1n) is 5.78. The molecule has 1 aromatic heterocycles. The molecule has 1 N–H and O–H groups in total. The van der Waals surface area contributed by atoms with E-state index in [2.05, 4.69) is 57.9 Å². The van der Waals surface area contributed by atoms with Gasteiger partial charge in [-0.2, -0.15) is 0 Å². The highest BCUT2D eigenvalue weighted by Gasteiger charge is 2.04. The molecule has 0 spiro atoms. The Morgan fingerprint density at radius 3 is 2.33 bits per heavy atom. The van der Waals surface area contributed by atoms with E-state index >= 15 is 0 Å². The summed E-state index contributed by atoms with van der Waals surface area (Å²) in [7, 11) is 0. The van der Waals surface area contributed by atoms with E-state index in [1.54, 1.807) is 0 Å². The average molecular weight is 323 g/mol. The van der Waals surface area contributed by atoms with Crippen LogP contribution in [0.25, 0.3) is 0 Å². The van der Waals surface area contributed by atoms with E-state index in [4.69, 9.17) is 12.2 Å². The minimum atomic E-state index is 0.616. The summed E-state index contributed by atoms with van der Waals surface area (Å²) in [5.41, 5.74) is 4.83. The molecule has 0 fully saturated rings. The fourth-order valence-electron chi connectivity index (χ4n) is 2.08. The standard InChI is InChI=1S/C14H15BrN2S/c1-8-4-9(2)6-11(5-8)7-12-16-10(3)13(15)14(18)17-12/h4-6H,7H2,1-3H3,(H,16,17,18). The Bertz CT molecular complexity index is 626. The number of aromatic amines is 1. The van der Waals surface area contributed by atoms with Gasteiger partial charge >= 0.3 is 0 Å². The van der Waals surface area contributed by atoms with Crippen LogP contribution in [0, 0.1) is 25.4 Å². The summed E-state index contributed by atoms with van der Waals surface area (Å²) in [5.74, 6) is 0.908. The molecule has 0 saturated heterocycles. The fraction of sp³-hybridized carbons (Fsp3) is 0.286. The molecule has 0 aliphatic carbocycles. The Hall–Kier alpha value is -1.00. The predicted octanol–water partition coefficient (Wildman–Crippen LogP) is 4.42. The summed E-state index contributed by atoms with van der Waals surface area (Å²) in [5, 5.41) is 0. The predicted molar refractivity (Wildman–Crippen MR) is 80.6 cm³/mol. The van der Waals surface area contributed by atoms with Gasteiger partial charge in [0.25, 0.3) is 0 Å². The Morgan fingerprint density at radius 2 is 1.78 bits per heavy atom. The Labute approximate surface area is 121 Å². The quantitative estimate of drug-likeness (QED) is 0.829. The lowest BCUT2D eigenvalue weighted by atomic mass is 10.0. The zero-order valence-electron chi connectivity index (χ0n) is 10.7. The zero-order chi connectivity index (χ0) is 13.3. The number of hydrogen-bond donors (Lipinski definition) is 1. The third kappa shape index (κ3) is 3.06. The number of nitrogens with zero attached hydrogens (tertiary/aromatic N) is 1. The first-order valence-corrected chi connectivity index (χ1v) is 6.98. The van der Waals surface area contributed by atoms with Crippen molar-refractivity contribution in [2.24, 2.45) is 0 Å². The van der Waals surface area contributed by atoms with Crippen LogP contribution >= 0.6 is 28.1 Å². The van der Waals surface area contributed by atoms with E-state index in [0.717, 1.165) is 22.4 Å². The van der Waals surface area contributed by atoms with Crippen molar-refractivity contribution in [3.63, 3.8) is 0 Å². The van der Waals surface area contributed by atoms with Crippen LogP contribution in [0.15, 0.2) is 22.7 Å². The van der Waals surface area contributed by atoms with Gasteiger partial charge in [0, 0.05) is 12.1 Å². The third-order valence-corrected chi connectivity index (χ3v) is 4.27. The summed E-state index contributed by atoms with van der Waals surface area (Å²) in [6.07, 6.45) is 0.778. The zero-order valence-corrected chi connectivity index (χ0v) is 13.1.